The number of hydrogen-bond acceptors (Lipinski definition) is 10. The Kier molecular flexibility index (Phi) is 23.5. The molecule has 3 amide bonds. The zero-order valence-corrected chi connectivity index (χ0v) is 39.5. The first-order valence-corrected chi connectivity index (χ1v) is 22.4. The molecular formula is C47H82N4O9. The Hall–Kier alpha value is -2.94. The minimum absolute atomic E-state index is 0.0151. The van der Waals surface area contributed by atoms with Crippen LogP contribution in [-0.2, 0) is 38.1 Å². The van der Waals surface area contributed by atoms with E-state index in [1.165, 1.54) is 0 Å². The van der Waals surface area contributed by atoms with Crippen molar-refractivity contribution in [2.45, 2.75) is 150 Å². The first-order valence-electron chi connectivity index (χ1n) is 22.4. The molecule has 13 nitrogen and oxygen atoms in total. The number of rotatable bonds is 28. The van der Waals surface area contributed by atoms with E-state index in [2.05, 4.69) is 19.2 Å². The maximum Gasteiger partial charge on any atom is 0.226 e. The van der Waals surface area contributed by atoms with Gasteiger partial charge in [-0.05, 0) is 64.0 Å². The van der Waals surface area contributed by atoms with Gasteiger partial charge in [-0.1, -0.05) is 85.2 Å². The number of carbonyl (C=O) groups is 4. The maximum absolute atomic E-state index is 14.6. The van der Waals surface area contributed by atoms with Crippen molar-refractivity contribution >= 4 is 23.5 Å². The van der Waals surface area contributed by atoms with Crippen molar-refractivity contribution < 1.29 is 43.2 Å². The number of carbonyl (C=O) groups excluding carboxylic acids is 4. The SMILES string of the molecule is CC[C@H](C)[C@@H]([C@@H](CC(=O)N1CCC[C@H]1[C@H](OC)[C@@H](C)C(=O)N[C@H](C)[C@@H](O)c1ccccc1)OC)N(C)C(=O)[C@@H](CC(=O)[C@H](C(C)C)N(C)CCOCCOC(C)C)C(C)C. The summed E-state index contributed by atoms with van der Waals surface area (Å²) in [5.74, 6) is -1.77. The van der Waals surface area contributed by atoms with Crippen molar-refractivity contribution in [3.05, 3.63) is 35.9 Å². The van der Waals surface area contributed by atoms with Crippen molar-refractivity contribution in [3.63, 3.8) is 0 Å². The van der Waals surface area contributed by atoms with Crippen molar-refractivity contribution in [1.82, 2.24) is 20.0 Å². The van der Waals surface area contributed by atoms with Gasteiger partial charge in [0.15, 0.2) is 5.78 Å². The summed E-state index contributed by atoms with van der Waals surface area (Å²) in [4.78, 5) is 62.0. The molecular weight excluding hydrogens is 765 g/mol. The Balaban J connectivity index is 2.21. The lowest BCUT2D eigenvalue weighted by atomic mass is 9.83. The summed E-state index contributed by atoms with van der Waals surface area (Å²) in [6.07, 6.45) is 0.380. The summed E-state index contributed by atoms with van der Waals surface area (Å²) in [5.41, 5.74) is 0.710. The fourth-order valence-electron chi connectivity index (χ4n) is 8.81. The highest BCUT2D eigenvalue weighted by Crippen LogP contribution is 2.31. The van der Waals surface area contributed by atoms with Crippen molar-refractivity contribution in [2.24, 2.45) is 29.6 Å². The van der Waals surface area contributed by atoms with Crippen LogP contribution in [0.2, 0.25) is 0 Å². The quantitative estimate of drug-likeness (QED) is 0.0997. The fourth-order valence-corrected chi connectivity index (χ4v) is 8.81. The van der Waals surface area contributed by atoms with Crippen molar-refractivity contribution in [3.8, 4) is 0 Å². The van der Waals surface area contributed by atoms with Gasteiger partial charge in [0.1, 0.15) is 0 Å². The lowest BCUT2D eigenvalue weighted by molar-refractivity contribution is -0.149. The summed E-state index contributed by atoms with van der Waals surface area (Å²) in [6, 6.07) is 7.50. The third-order valence-electron chi connectivity index (χ3n) is 12.5. The minimum Gasteiger partial charge on any atom is -0.386 e. The van der Waals surface area contributed by atoms with Crippen LogP contribution in [0.5, 0.6) is 0 Å². The molecule has 1 aliphatic heterocycles. The third-order valence-corrected chi connectivity index (χ3v) is 12.5. The van der Waals surface area contributed by atoms with Crippen LogP contribution in [0.4, 0.5) is 0 Å². The Morgan fingerprint density at radius 1 is 0.883 bits per heavy atom. The number of aliphatic hydroxyl groups is 1. The lowest BCUT2D eigenvalue weighted by Crippen LogP contribution is -2.54. The molecule has 0 unspecified atom stereocenters. The van der Waals surface area contributed by atoms with E-state index in [4.69, 9.17) is 18.9 Å². The van der Waals surface area contributed by atoms with Gasteiger partial charge in [-0.25, -0.2) is 0 Å². The second-order valence-corrected chi connectivity index (χ2v) is 18.0. The molecule has 1 aliphatic rings. The van der Waals surface area contributed by atoms with Crippen LogP contribution in [-0.4, -0.2) is 147 Å². The number of ketones is 1. The normalized spacial score (nSPS) is 19.2. The number of benzene rings is 1. The Morgan fingerprint density at radius 2 is 1.53 bits per heavy atom. The van der Waals surface area contributed by atoms with Crippen molar-refractivity contribution in [1.29, 1.82) is 0 Å². The van der Waals surface area contributed by atoms with Crippen LogP contribution in [0.25, 0.3) is 0 Å². The number of amides is 3. The molecule has 0 aliphatic carbocycles. The molecule has 344 valence electrons. The van der Waals surface area contributed by atoms with E-state index in [1.54, 1.807) is 40.0 Å². The van der Waals surface area contributed by atoms with Gasteiger partial charge in [-0.2, -0.15) is 0 Å². The molecule has 2 rings (SSSR count). The fraction of sp³-hybridized carbons (Fsp3) is 0.787. The number of likely N-dealkylation sites (tertiary alicyclic amines) is 1. The van der Waals surface area contributed by atoms with E-state index in [0.29, 0.717) is 44.9 Å². The molecule has 1 fully saturated rings. The second-order valence-electron chi connectivity index (χ2n) is 18.0. The number of methoxy groups -OCH3 is 2. The molecule has 2 N–H and O–H groups in total. The van der Waals surface area contributed by atoms with Gasteiger partial charge in [-0.15, -0.1) is 0 Å². The second kappa shape index (κ2) is 26.5. The van der Waals surface area contributed by atoms with Gasteiger partial charge in [0.05, 0.1) is 80.7 Å². The maximum atomic E-state index is 14.6. The number of likely N-dealkylation sites (N-methyl/N-ethyl adjacent to an activating group) is 2. The zero-order chi connectivity index (χ0) is 45.3. The van der Waals surface area contributed by atoms with Crippen LogP contribution >= 0.6 is 0 Å². The molecule has 1 aromatic carbocycles. The van der Waals surface area contributed by atoms with E-state index in [0.717, 1.165) is 12.8 Å². The molecule has 0 aromatic heterocycles. The van der Waals surface area contributed by atoms with Crippen LogP contribution in [0.1, 0.15) is 113 Å². The van der Waals surface area contributed by atoms with Gasteiger partial charge in [-0.3, -0.25) is 24.1 Å². The van der Waals surface area contributed by atoms with Gasteiger partial charge in [0, 0.05) is 46.7 Å². The van der Waals surface area contributed by atoms with E-state index < -0.39 is 42.2 Å². The molecule has 0 spiro atoms. The van der Waals surface area contributed by atoms with Crippen LogP contribution in [0.15, 0.2) is 30.3 Å². The van der Waals surface area contributed by atoms with Crippen molar-refractivity contribution in [2.75, 3.05) is 61.2 Å². The molecule has 1 heterocycles. The Morgan fingerprint density at radius 3 is 2.08 bits per heavy atom. The van der Waals surface area contributed by atoms with Gasteiger partial charge >= 0.3 is 0 Å². The first kappa shape index (κ1) is 53.2. The topological polar surface area (TPSA) is 147 Å². The standard InChI is InChI=1S/C47H82N4O9/c1-15-33(8)43(50(12)47(56)37(30(2)3)28-39(52)42(31(4)5)49(11)24-25-59-26-27-60-32(6)7)40(57-13)29-41(53)51-23-19-22-38(51)45(58-14)34(9)46(55)48-35(10)44(54)36-20-17-16-18-21-36/h16-18,20-21,30-35,37-38,40,42-45,54H,15,19,22-29H2,1-14H3,(H,48,55)/t33-,34+,35+,37-,38-,40+,42-,43-,44+,45+/m0/s1. The first-order chi connectivity index (χ1) is 28.3. The molecule has 1 aromatic rings. The van der Waals surface area contributed by atoms with Crippen LogP contribution in [0, 0.1) is 29.6 Å². The van der Waals surface area contributed by atoms with E-state index in [-0.39, 0.29) is 72.3 Å². The monoisotopic (exact) mass is 847 g/mol. The summed E-state index contributed by atoms with van der Waals surface area (Å²) in [6.45, 7) is 22.2. The highest BCUT2D eigenvalue weighted by atomic mass is 16.5. The van der Waals surface area contributed by atoms with E-state index in [1.807, 2.05) is 88.7 Å². The lowest BCUT2D eigenvalue weighted by Gasteiger charge is -2.41. The smallest absolute Gasteiger partial charge is 0.226 e. The highest BCUT2D eigenvalue weighted by Gasteiger charge is 2.43. The Labute approximate surface area is 362 Å². The predicted octanol–water partition coefficient (Wildman–Crippen LogP) is 5.77. The molecule has 0 bridgehead atoms. The summed E-state index contributed by atoms with van der Waals surface area (Å²) < 4.78 is 23.4. The van der Waals surface area contributed by atoms with Crippen LogP contribution < -0.4 is 5.32 Å². The average molecular weight is 847 g/mol. The number of nitrogens with zero attached hydrogens (tertiary/aromatic N) is 3. The largest absolute Gasteiger partial charge is 0.386 e. The third kappa shape index (κ3) is 15.4. The molecule has 13 heteroatoms. The molecule has 0 radical (unpaired) electrons. The van der Waals surface area contributed by atoms with E-state index >= 15 is 0 Å². The number of hydrogen-bond donors (Lipinski definition) is 2. The van der Waals surface area contributed by atoms with Crippen LogP contribution in [0.3, 0.4) is 0 Å². The molecule has 60 heavy (non-hydrogen) atoms. The number of nitrogens with one attached hydrogen (secondary N) is 1. The number of Topliss-reactive ketones (excluding diaryl/α,β-unsaturated/α-hetero) is 1. The Bertz CT molecular complexity index is 1430. The van der Waals surface area contributed by atoms with Gasteiger partial charge < -0.3 is 39.2 Å². The zero-order valence-electron chi connectivity index (χ0n) is 39.5. The minimum atomic E-state index is -0.881. The number of aliphatic hydroxyl groups excluding tert-OH is 1. The molecule has 0 saturated carbocycles. The summed E-state index contributed by atoms with van der Waals surface area (Å²) in [5, 5.41) is 13.8. The van der Waals surface area contributed by atoms with Gasteiger partial charge in [0.25, 0.3) is 0 Å². The van der Waals surface area contributed by atoms with E-state index in [9.17, 15) is 24.3 Å². The molecule has 1 saturated heterocycles. The van der Waals surface area contributed by atoms with Gasteiger partial charge in [0.2, 0.25) is 17.7 Å². The number of ether oxygens (including phenoxy) is 4. The summed E-state index contributed by atoms with van der Waals surface area (Å²) in [7, 11) is 6.85. The predicted molar refractivity (Wildman–Crippen MR) is 236 cm³/mol. The average Bonchev–Trinajstić information content (AvgIpc) is 3.70. The summed E-state index contributed by atoms with van der Waals surface area (Å²) >= 11 is 0. The molecule has 10 atom stereocenters. The highest BCUT2D eigenvalue weighted by molar-refractivity contribution is 5.90.